The average Bonchev–Trinajstić information content (AvgIpc) is 3.82. The van der Waals surface area contributed by atoms with Crippen molar-refractivity contribution in [3.8, 4) is 29.1 Å². The zero-order valence-electron chi connectivity index (χ0n) is 32.2. The number of rotatable bonds is 13. The lowest BCUT2D eigenvalue weighted by molar-refractivity contribution is -0.114. The molecule has 56 heavy (non-hydrogen) atoms. The molecule has 7 rings (SSSR count). The number of phenolic OH excluding ortho intramolecular Hbond substituents is 2. The van der Waals surface area contributed by atoms with E-state index in [9.17, 15) is 24.9 Å². The van der Waals surface area contributed by atoms with Gasteiger partial charge in [0, 0.05) is 60.3 Å². The van der Waals surface area contributed by atoms with Crippen molar-refractivity contribution >= 4 is 11.6 Å². The van der Waals surface area contributed by atoms with Crippen molar-refractivity contribution in [2.75, 3.05) is 13.2 Å². The van der Waals surface area contributed by atoms with E-state index in [0.29, 0.717) is 49.0 Å². The summed E-state index contributed by atoms with van der Waals surface area (Å²) >= 11 is 0. The van der Waals surface area contributed by atoms with Gasteiger partial charge in [-0.05, 0) is 108 Å². The van der Waals surface area contributed by atoms with Crippen LogP contribution in [0.5, 0.6) is 17.2 Å². The van der Waals surface area contributed by atoms with Crippen molar-refractivity contribution in [2.24, 2.45) is 11.1 Å². The van der Waals surface area contributed by atoms with Crippen molar-refractivity contribution in [1.82, 2.24) is 10.3 Å². The molecule has 0 bridgehead atoms. The number of aromatic amines is 1. The van der Waals surface area contributed by atoms with E-state index in [2.05, 4.69) is 35.1 Å². The van der Waals surface area contributed by atoms with Crippen molar-refractivity contribution in [3.63, 3.8) is 0 Å². The van der Waals surface area contributed by atoms with Gasteiger partial charge < -0.3 is 30.8 Å². The molecule has 2 heterocycles. The number of carbonyl (C=O) groups is 2. The maximum Gasteiger partial charge on any atom is 0.165 e. The Morgan fingerprint density at radius 3 is 2.66 bits per heavy atom. The average molecular weight is 756 g/mol. The summed E-state index contributed by atoms with van der Waals surface area (Å²) in [5.74, 6) is 6.64. The summed E-state index contributed by atoms with van der Waals surface area (Å²) in [6.07, 6.45) is 13.2. The number of aryl methyl sites for hydroxylation is 1. The molecule has 0 radical (unpaired) electrons. The second-order valence-corrected chi connectivity index (χ2v) is 15.8. The molecule has 0 spiro atoms. The van der Waals surface area contributed by atoms with Gasteiger partial charge in [0.25, 0.3) is 0 Å². The first-order valence-corrected chi connectivity index (χ1v) is 20.1. The number of phenols is 2. The topological polar surface area (TPSA) is 158 Å². The molecule has 1 aromatic heterocycles. The molecule has 7 N–H and O–H groups in total. The summed E-state index contributed by atoms with van der Waals surface area (Å²) in [5.41, 5.74) is 14.0. The standard InChI is InChI=1S/C47H53N3O6/c1-2-3-18-47(20-14-35(52)29-47)19-13-34(51)10-7-30-9-12-43(54)45(25-30)56-23-17-31-8-11-42(53)40(24-31)39-28-44(55)36-16-22-49-41(36)6-4-5-32-27-38-33(26-37(32)39)15-21-50-46(38)48/h8-9,11-13,16,19,22,24-27,35,39,46,49-50,52-54H,2-3,6-7,10,14-15,17-18,20-21,23,28-29,48H2,1H3. The molecule has 9 heteroatoms. The van der Waals surface area contributed by atoms with Gasteiger partial charge in [0.1, 0.15) is 5.75 Å². The number of H-pyrrole nitrogens is 1. The number of nitrogens with two attached hydrogens (primary N) is 1. The van der Waals surface area contributed by atoms with E-state index in [-0.39, 0.29) is 53.8 Å². The minimum Gasteiger partial charge on any atom is -0.508 e. The highest BCUT2D eigenvalue weighted by molar-refractivity contribution is 5.98. The number of carbonyl (C=O) groups excluding carboxylic acids is 2. The molecule has 0 amide bonds. The first-order valence-electron chi connectivity index (χ1n) is 20.1. The van der Waals surface area contributed by atoms with Gasteiger partial charge in [-0.3, -0.25) is 14.9 Å². The molecule has 4 atom stereocenters. The molecule has 1 fully saturated rings. The maximum absolute atomic E-state index is 13.9. The Hall–Kier alpha value is -5.14. The van der Waals surface area contributed by atoms with Crippen LogP contribution >= 0.6 is 0 Å². The number of aromatic nitrogens is 1. The molecule has 4 unspecified atom stereocenters. The number of aliphatic hydroxyl groups excluding tert-OH is 1. The van der Waals surface area contributed by atoms with Crippen LogP contribution in [0.1, 0.15) is 125 Å². The van der Waals surface area contributed by atoms with E-state index >= 15 is 0 Å². The van der Waals surface area contributed by atoms with Gasteiger partial charge in [-0.15, -0.1) is 0 Å². The summed E-state index contributed by atoms with van der Waals surface area (Å²) in [5, 5.41) is 35.5. The van der Waals surface area contributed by atoms with Crippen molar-refractivity contribution < 1.29 is 29.6 Å². The Bertz CT molecular complexity index is 2180. The smallest absolute Gasteiger partial charge is 0.165 e. The molecule has 1 saturated carbocycles. The number of fused-ring (bicyclic) bond motifs is 3. The van der Waals surface area contributed by atoms with Crippen LogP contribution in [0.3, 0.4) is 0 Å². The summed E-state index contributed by atoms with van der Waals surface area (Å²) < 4.78 is 6.09. The number of unbranched alkanes of at least 4 members (excludes halogenated alkanes) is 1. The number of allylic oxidation sites excluding steroid dienone is 2. The minimum atomic E-state index is -0.463. The number of ketones is 2. The van der Waals surface area contributed by atoms with Crippen LogP contribution in [0.4, 0.5) is 0 Å². The van der Waals surface area contributed by atoms with Crippen LogP contribution in [0.2, 0.25) is 0 Å². The second-order valence-electron chi connectivity index (χ2n) is 15.8. The highest BCUT2D eigenvalue weighted by atomic mass is 16.5. The quantitative estimate of drug-likeness (QED) is 0.0616. The number of aromatic hydroxyl groups is 2. The van der Waals surface area contributed by atoms with E-state index in [1.165, 1.54) is 0 Å². The van der Waals surface area contributed by atoms with E-state index in [4.69, 9.17) is 10.5 Å². The molecule has 0 saturated heterocycles. The number of nitrogens with one attached hydrogen (secondary N) is 2. The fourth-order valence-electron chi connectivity index (χ4n) is 8.66. The summed E-state index contributed by atoms with van der Waals surface area (Å²) in [6.45, 7) is 3.16. The molecule has 1 aliphatic heterocycles. The van der Waals surface area contributed by atoms with E-state index in [1.807, 2.05) is 30.3 Å². The Morgan fingerprint density at radius 2 is 1.86 bits per heavy atom. The van der Waals surface area contributed by atoms with Crippen molar-refractivity contribution in [2.45, 2.75) is 102 Å². The number of benzene rings is 3. The Kier molecular flexibility index (Phi) is 12.1. The van der Waals surface area contributed by atoms with Gasteiger partial charge in [0.2, 0.25) is 0 Å². The maximum atomic E-state index is 13.9. The Balaban J connectivity index is 1.06. The fraction of sp³-hybridized carbons (Fsp3) is 0.404. The van der Waals surface area contributed by atoms with Gasteiger partial charge in [0.15, 0.2) is 23.1 Å². The number of Topliss-reactive ketones (excluding diaryl/α,β-unsaturated/α-hetero) is 1. The van der Waals surface area contributed by atoms with Crippen LogP contribution < -0.4 is 15.8 Å². The third-order valence-corrected chi connectivity index (χ3v) is 11.9. The molecular weight excluding hydrogens is 703 g/mol. The van der Waals surface area contributed by atoms with Gasteiger partial charge in [0.05, 0.1) is 25.3 Å². The zero-order chi connectivity index (χ0) is 39.2. The fourth-order valence-corrected chi connectivity index (χ4v) is 8.66. The lowest BCUT2D eigenvalue weighted by Crippen LogP contribution is -2.35. The molecule has 292 valence electrons. The first kappa shape index (κ1) is 39.1. The van der Waals surface area contributed by atoms with Crippen molar-refractivity contribution in [3.05, 3.63) is 123 Å². The van der Waals surface area contributed by atoms with Gasteiger partial charge in [-0.2, -0.15) is 0 Å². The van der Waals surface area contributed by atoms with Gasteiger partial charge >= 0.3 is 0 Å². The van der Waals surface area contributed by atoms with Crippen LogP contribution in [0.15, 0.2) is 72.9 Å². The molecule has 9 nitrogen and oxygen atoms in total. The second kappa shape index (κ2) is 17.3. The molecule has 2 aliphatic carbocycles. The van der Waals surface area contributed by atoms with Gasteiger partial charge in [-0.25, -0.2) is 0 Å². The molecule has 3 aromatic carbocycles. The Morgan fingerprint density at radius 1 is 1.04 bits per heavy atom. The highest BCUT2D eigenvalue weighted by Crippen LogP contribution is 2.44. The number of ether oxygens (including phenoxy) is 1. The van der Waals surface area contributed by atoms with E-state index in [0.717, 1.165) is 84.1 Å². The lowest BCUT2D eigenvalue weighted by Gasteiger charge is -2.28. The predicted octanol–water partition coefficient (Wildman–Crippen LogP) is 7.24. The third-order valence-electron chi connectivity index (χ3n) is 11.9. The van der Waals surface area contributed by atoms with Crippen LogP contribution in [0, 0.1) is 17.3 Å². The largest absolute Gasteiger partial charge is 0.508 e. The number of hydrogen-bond donors (Lipinski definition) is 6. The van der Waals surface area contributed by atoms with E-state index < -0.39 is 5.92 Å². The van der Waals surface area contributed by atoms with E-state index in [1.54, 1.807) is 36.5 Å². The summed E-state index contributed by atoms with van der Waals surface area (Å²) in [6, 6.07) is 16.6. The SMILES string of the molecule is CCCCC1(C=CC(=O)CCc2ccc(O)c(OCCc3ccc(O)c(C4CC(=O)c5cc[nH]c5CC#Cc5cc6c(cc54)CCNC6N)c3)c2)CCC(O)C1. The van der Waals surface area contributed by atoms with Crippen LogP contribution in [-0.2, 0) is 30.5 Å². The minimum absolute atomic E-state index is 0.0177. The molecule has 3 aliphatic rings. The highest BCUT2D eigenvalue weighted by Gasteiger charge is 2.36. The first-order chi connectivity index (χ1) is 27.1. The van der Waals surface area contributed by atoms with Crippen LogP contribution in [0.25, 0.3) is 0 Å². The predicted molar refractivity (Wildman–Crippen MR) is 217 cm³/mol. The number of aliphatic hydroxyl groups is 1. The third kappa shape index (κ3) is 8.94. The van der Waals surface area contributed by atoms with Crippen molar-refractivity contribution in [1.29, 1.82) is 0 Å². The molecular formula is C47H53N3O6. The summed E-state index contributed by atoms with van der Waals surface area (Å²) in [4.78, 5) is 30.0. The van der Waals surface area contributed by atoms with Gasteiger partial charge in [-0.1, -0.05) is 61.9 Å². The van der Waals surface area contributed by atoms with Crippen LogP contribution in [-0.4, -0.2) is 51.1 Å². The zero-order valence-corrected chi connectivity index (χ0v) is 32.2. The summed E-state index contributed by atoms with van der Waals surface area (Å²) in [7, 11) is 0. The normalized spacial score (nSPS) is 21.8. The molecule has 4 aromatic rings. The Labute approximate surface area is 329 Å². The monoisotopic (exact) mass is 755 g/mol. The number of hydrogen-bond acceptors (Lipinski definition) is 8. The lowest BCUT2D eigenvalue weighted by atomic mass is 9.79.